The summed E-state index contributed by atoms with van der Waals surface area (Å²) >= 11 is 0. The summed E-state index contributed by atoms with van der Waals surface area (Å²) in [7, 11) is 5.27. The molecule has 1 fully saturated rings. The summed E-state index contributed by atoms with van der Waals surface area (Å²) in [6.07, 6.45) is 3.77. The lowest BCUT2D eigenvalue weighted by molar-refractivity contribution is -0.149. The molecule has 2 aromatic carbocycles. The zero-order chi connectivity index (χ0) is 56.1. The summed E-state index contributed by atoms with van der Waals surface area (Å²) in [6.45, 7) is 16.6. The Kier molecular flexibility index (Phi) is 21.3. The van der Waals surface area contributed by atoms with Crippen molar-refractivity contribution in [2.45, 2.75) is 149 Å². The number of amides is 7. The molecule has 7 amide bonds. The third-order valence-electron chi connectivity index (χ3n) is 13.5. The van der Waals surface area contributed by atoms with Gasteiger partial charge in [0, 0.05) is 54.3 Å². The van der Waals surface area contributed by atoms with Crippen LogP contribution in [0.25, 0.3) is 10.9 Å². The molecule has 2 heterocycles. The van der Waals surface area contributed by atoms with Gasteiger partial charge in [-0.3, -0.25) is 38.4 Å². The summed E-state index contributed by atoms with van der Waals surface area (Å²) in [6, 6.07) is 7.40. The van der Waals surface area contributed by atoms with Crippen LogP contribution in [0.4, 0.5) is 5.69 Å². The number of fused-ring (bicyclic) bond motifs is 1. The average Bonchev–Trinajstić information content (AvgIpc) is 4.01. The molecule has 10 N–H and O–H groups in total. The van der Waals surface area contributed by atoms with Crippen LogP contribution < -0.4 is 43.0 Å². The van der Waals surface area contributed by atoms with E-state index in [1.807, 2.05) is 90.5 Å². The SMILES string of the molecule is CN[C@H](C(=O)N[C@H](C(=O)N(C)[C@H](/C=C(\C)C(=O)N[C@@H](CCC(=O)O)C(=O)OCc1ccc(NC(=O)[C@H](CC(N)=O)NC(=O)[C@H](C)NC(=O)[C@@H]2CCCN2)cc1)C(C)C)C(C)(C)C)C(C)(C)c1cn(C)c2ccccc12. The first-order valence-corrected chi connectivity index (χ1v) is 25.3. The van der Waals surface area contributed by atoms with Crippen molar-refractivity contribution in [3.63, 3.8) is 0 Å². The number of carboxylic acid groups (broad SMARTS) is 1. The number of benzene rings is 2. The number of primary amides is 1. The quantitative estimate of drug-likeness (QED) is 0.0436. The molecule has 0 aliphatic carbocycles. The number of aryl methyl sites for hydroxylation is 1. The van der Waals surface area contributed by atoms with Crippen molar-refractivity contribution in [2.75, 3.05) is 26.0 Å². The van der Waals surface area contributed by atoms with E-state index < -0.39 is 107 Å². The van der Waals surface area contributed by atoms with Gasteiger partial charge in [0.25, 0.3) is 0 Å². The monoisotopic (exact) mass is 1040 g/mol. The molecule has 21 heteroatoms. The Bertz CT molecular complexity index is 2590. The summed E-state index contributed by atoms with van der Waals surface area (Å²) in [5.41, 5.74) is 6.74. The molecule has 1 saturated heterocycles. The summed E-state index contributed by atoms with van der Waals surface area (Å²) in [5.74, 6) is -6.48. The second-order valence-corrected chi connectivity index (χ2v) is 21.3. The number of aromatic nitrogens is 1. The smallest absolute Gasteiger partial charge is 0.328 e. The zero-order valence-corrected chi connectivity index (χ0v) is 45.3. The van der Waals surface area contributed by atoms with Gasteiger partial charge in [0.1, 0.15) is 30.8 Å². The number of carbonyl (C=O) groups is 9. The number of ether oxygens (including phenoxy) is 1. The molecule has 21 nitrogen and oxygen atoms in total. The summed E-state index contributed by atoms with van der Waals surface area (Å²) < 4.78 is 7.55. The van der Waals surface area contributed by atoms with Crippen LogP contribution in [0.2, 0.25) is 0 Å². The van der Waals surface area contributed by atoms with Gasteiger partial charge >= 0.3 is 11.9 Å². The average molecular weight is 1040 g/mol. The lowest BCUT2D eigenvalue weighted by atomic mass is 9.76. The van der Waals surface area contributed by atoms with Crippen LogP contribution in [0.5, 0.6) is 0 Å². The minimum absolute atomic E-state index is 0.137. The molecule has 1 aliphatic heterocycles. The molecule has 0 bridgehead atoms. The molecule has 0 spiro atoms. The molecule has 7 atom stereocenters. The number of aliphatic carboxylic acids is 1. The van der Waals surface area contributed by atoms with Crippen LogP contribution in [0.1, 0.15) is 106 Å². The largest absolute Gasteiger partial charge is 0.481 e. The van der Waals surface area contributed by atoms with Crippen molar-refractivity contribution in [1.82, 2.24) is 41.4 Å². The highest BCUT2D eigenvalue weighted by Crippen LogP contribution is 2.35. The number of nitrogens with two attached hydrogens (primary N) is 1. The molecule has 3 aromatic rings. The van der Waals surface area contributed by atoms with E-state index in [4.69, 9.17) is 10.5 Å². The Morgan fingerprint density at radius 2 is 1.53 bits per heavy atom. The maximum atomic E-state index is 14.6. The maximum Gasteiger partial charge on any atom is 0.328 e. The molecule has 1 aliphatic rings. The summed E-state index contributed by atoms with van der Waals surface area (Å²) in [5, 5.41) is 30.1. The Morgan fingerprint density at radius 3 is 2.11 bits per heavy atom. The number of anilines is 1. The highest BCUT2D eigenvalue weighted by molar-refractivity contribution is 6.01. The fourth-order valence-corrected chi connectivity index (χ4v) is 9.09. The normalized spacial score (nSPS) is 16.4. The molecule has 75 heavy (non-hydrogen) atoms. The molecule has 0 unspecified atom stereocenters. The third kappa shape index (κ3) is 16.4. The van der Waals surface area contributed by atoms with E-state index in [1.54, 1.807) is 20.2 Å². The minimum atomic E-state index is -1.38. The van der Waals surface area contributed by atoms with Crippen molar-refractivity contribution < 1.29 is 53.0 Å². The topological polar surface area (TPSA) is 301 Å². The molecular weight excluding hydrogens is 965 g/mol. The first-order chi connectivity index (χ1) is 35.1. The predicted molar refractivity (Wildman–Crippen MR) is 283 cm³/mol. The van der Waals surface area contributed by atoms with Crippen molar-refractivity contribution >= 4 is 69.9 Å². The van der Waals surface area contributed by atoms with Gasteiger partial charge in [0.15, 0.2) is 0 Å². The number of likely N-dealkylation sites (N-methyl/N-ethyl adjacent to an activating group) is 2. The number of hydrogen-bond donors (Lipinski definition) is 9. The van der Waals surface area contributed by atoms with Gasteiger partial charge in [-0.05, 0) is 87.4 Å². The number of nitrogens with one attached hydrogen (secondary N) is 7. The highest BCUT2D eigenvalue weighted by Gasteiger charge is 2.43. The highest BCUT2D eigenvalue weighted by atomic mass is 16.5. The van der Waals surface area contributed by atoms with E-state index in [9.17, 15) is 48.3 Å². The number of nitrogens with zero attached hydrogens (tertiary/aromatic N) is 2. The lowest BCUT2D eigenvalue weighted by Gasteiger charge is -2.39. The molecule has 0 radical (unpaired) electrons. The van der Waals surface area contributed by atoms with E-state index in [1.165, 1.54) is 43.0 Å². The molecule has 410 valence electrons. The van der Waals surface area contributed by atoms with E-state index in [-0.39, 0.29) is 42.0 Å². The van der Waals surface area contributed by atoms with E-state index in [0.717, 1.165) is 22.9 Å². The first-order valence-electron chi connectivity index (χ1n) is 25.3. The fourth-order valence-electron chi connectivity index (χ4n) is 9.09. The third-order valence-corrected chi connectivity index (χ3v) is 13.5. The standard InChI is InChI=1S/C54H78N10O11/c1-30(2)41(64(12)51(73)45(53(5,6)7)62-50(72)44(56-10)54(8,9)36-28-63(11)40-18-14-13-16-35(36)40)26-31(3)46(68)60-38(23-24-43(66)67)52(74)75-29-33-19-21-34(22-20-33)59-49(71)39(27-42(55)65)61-47(69)32(4)58-48(70)37-17-15-25-57-37/h13-14,16,18-22,26,28,30,32,37-39,41,44-45,56-57H,15,17,23-25,27,29H2,1-12H3,(H2,55,65)(H,58,70)(H,59,71)(H,60,68)(H,61,69)(H,62,72)(H,66,67)/b31-26+/t32-,37-,38-,39-,41+,44+,45+/m0/s1. The maximum absolute atomic E-state index is 14.6. The van der Waals surface area contributed by atoms with Gasteiger partial charge in [-0.1, -0.05) is 84.9 Å². The van der Waals surface area contributed by atoms with E-state index >= 15 is 0 Å². The second kappa shape index (κ2) is 26.4. The number of hydrogen-bond acceptors (Lipinski definition) is 12. The van der Waals surface area contributed by atoms with Gasteiger partial charge in [-0.25, -0.2) is 4.79 Å². The van der Waals surface area contributed by atoms with Gasteiger partial charge < -0.3 is 62.3 Å². The fraction of sp³-hybridized carbons (Fsp3) is 0.537. The predicted octanol–water partition coefficient (Wildman–Crippen LogP) is 2.65. The van der Waals surface area contributed by atoms with Gasteiger partial charge in [0.2, 0.25) is 41.4 Å². The van der Waals surface area contributed by atoms with Crippen LogP contribution >= 0.6 is 0 Å². The number of carbonyl (C=O) groups excluding carboxylic acids is 8. The number of rotatable bonds is 25. The van der Waals surface area contributed by atoms with E-state index in [0.29, 0.717) is 18.5 Å². The Labute approximate surface area is 439 Å². The zero-order valence-electron chi connectivity index (χ0n) is 45.3. The van der Waals surface area contributed by atoms with Gasteiger partial charge in [-0.15, -0.1) is 0 Å². The lowest BCUT2D eigenvalue weighted by Crippen LogP contribution is -2.61. The molecule has 0 saturated carbocycles. The molecule has 4 rings (SSSR count). The van der Waals surface area contributed by atoms with Crippen molar-refractivity contribution in [3.05, 3.63) is 77.5 Å². The Morgan fingerprint density at radius 1 is 0.880 bits per heavy atom. The second-order valence-electron chi connectivity index (χ2n) is 21.3. The van der Waals surface area contributed by atoms with Crippen molar-refractivity contribution in [3.8, 4) is 0 Å². The van der Waals surface area contributed by atoms with Crippen LogP contribution in [0.3, 0.4) is 0 Å². The van der Waals surface area contributed by atoms with Crippen LogP contribution in [-0.4, -0.2) is 131 Å². The number of carboxylic acids is 1. The number of para-hydroxylation sites is 1. The van der Waals surface area contributed by atoms with Crippen LogP contribution in [0, 0.1) is 11.3 Å². The van der Waals surface area contributed by atoms with Crippen molar-refractivity contribution in [1.29, 1.82) is 0 Å². The van der Waals surface area contributed by atoms with Gasteiger partial charge in [-0.2, -0.15) is 0 Å². The van der Waals surface area contributed by atoms with Gasteiger partial charge in [0.05, 0.1) is 24.5 Å². The number of esters is 1. The molecular formula is C54H78N10O11. The summed E-state index contributed by atoms with van der Waals surface area (Å²) in [4.78, 5) is 120. The Balaban J connectivity index is 1.42. The molecule has 1 aromatic heterocycles. The first kappa shape index (κ1) is 60.4. The van der Waals surface area contributed by atoms with Crippen molar-refractivity contribution in [2.24, 2.45) is 24.1 Å². The van der Waals surface area contributed by atoms with E-state index in [2.05, 4.69) is 37.2 Å². The van der Waals surface area contributed by atoms with Crippen LogP contribution in [0.15, 0.2) is 66.4 Å². The Hall–Kier alpha value is -7.13. The van der Waals surface area contributed by atoms with Crippen LogP contribution in [-0.2, 0) is 67.0 Å². The minimum Gasteiger partial charge on any atom is -0.481 e.